The van der Waals surface area contributed by atoms with Crippen molar-refractivity contribution in [3.05, 3.63) is 0 Å². The summed E-state index contributed by atoms with van der Waals surface area (Å²) < 4.78 is 34.2. The van der Waals surface area contributed by atoms with Gasteiger partial charge in [-0.05, 0) is 19.8 Å². The Labute approximate surface area is 58.8 Å². The molecule has 0 aromatic carbocycles. The van der Waals surface area contributed by atoms with Gasteiger partial charge in [-0.15, -0.1) is 0 Å². The summed E-state index contributed by atoms with van der Waals surface area (Å²) in [5.41, 5.74) is 0. The molecule has 0 amide bonds. The average molecular weight is 154 g/mol. The maximum atomic E-state index is 9.67. The van der Waals surface area contributed by atoms with E-state index in [1.807, 2.05) is 0 Å². The molecule has 5 heteroatoms. The van der Waals surface area contributed by atoms with Gasteiger partial charge in [-0.3, -0.25) is 12.9 Å². The molecule has 1 aliphatic heterocycles. The van der Waals surface area contributed by atoms with Crippen LogP contribution in [0.4, 0.5) is 12.9 Å². The minimum absolute atomic E-state index is 0.546. The van der Waals surface area contributed by atoms with Crippen molar-refractivity contribution in [1.82, 2.24) is 0 Å². The highest BCUT2D eigenvalue weighted by molar-refractivity contribution is 6.33. The summed E-state index contributed by atoms with van der Waals surface area (Å²) in [6.07, 6.45) is 3.08. The summed E-state index contributed by atoms with van der Waals surface area (Å²) in [6.45, 7) is 3.11. The number of ether oxygens (including phenoxy) is 1. The lowest BCUT2D eigenvalue weighted by atomic mass is 10.3. The Bertz CT molecular complexity index is 72.5. The summed E-state index contributed by atoms with van der Waals surface area (Å²) in [6, 6.07) is 0. The summed E-state index contributed by atoms with van der Waals surface area (Å²) >= 11 is 0. The van der Waals surface area contributed by atoms with Gasteiger partial charge in [0.1, 0.15) is 0 Å². The first-order chi connectivity index (χ1) is 4.63. The zero-order valence-electron chi connectivity index (χ0n) is 5.82. The van der Waals surface area contributed by atoms with Crippen LogP contribution in [0.2, 0.25) is 0 Å². The topological polar surface area (TPSA) is 9.23 Å². The monoisotopic (exact) mass is 154 g/mol. The van der Waals surface area contributed by atoms with Crippen molar-refractivity contribution in [2.75, 3.05) is 6.61 Å². The highest BCUT2D eigenvalue weighted by Crippen LogP contribution is 2.09. The second kappa shape index (κ2) is 5.59. The first-order valence-electron chi connectivity index (χ1n) is 3.16. The molecule has 0 saturated carbocycles. The predicted octanol–water partition coefficient (Wildman–Crippen LogP) is 2.07. The molecule has 1 nitrogen and oxygen atoms in total. The molecule has 1 fully saturated rings. The van der Waals surface area contributed by atoms with Crippen LogP contribution in [0.1, 0.15) is 19.8 Å². The zero-order valence-corrected chi connectivity index (χ0v) is 5.82. The molecule has 1 saturated heterocycles. The Morgan fingerprint density at radius 2 is 1.90 bits per heavy atom. The van der Waals surface area contributed by atoms with Crippen LogP contribution in [-0.4, -0.2) is 20.3 Å². The maximum Gasteiger partial charge on any atom is 0.762 e. The van der Waals surface area contributed by atoms with E-state index < -0.39 is 7.54 Å². The van der Waals surface area contributed by atoms with Gasteiger partial charge in [0.25, 0.3) is 0 Å². The highest BCUT2D eigenvalue weighted by Gasteiger charge is 2.07. The fourth-order valence-corrected chi connectivity index (χ4v) is 0.739. The fourth-order valence-electron chi connectivity index (χ4n) is 0.739. The van der Waals surface area contributed by atoms with E-state index in [-0.39, 0.29) is 0 Å². The van der Waals surface area contributed by atoms with E-state index in [2.05, 4.69) is 6.92 Å². The molecule has 1 atom stereocenters. The van der Waals surface area contributed by atoms with Crippen molar-refractivity contribution < 1.29 is 17.7 Å². The van der Waals surface area contributed by atoms with Gasteiger partial charge in [0, 0.05) is 6.61 Å². The molecule has 1 unspecified atom stereocenters. The van der Waals surface area contributed by atoms with E-state index in [1.165, 1.54) is 12.8 Å². The summed E-state index contributed by atoms with van der Waals surface area (Å²) in [5, 5.41) is 0. The van der Waals surface area contributed by atoms with Crippen molar-refractivity contribution in [2.24, 2.45) is 0 Å². The van der Waals surface area contributed by atoms with Crippen LogP contribution in [0.15, 0.2) is 0 Å². The molecule has 0 N–H and O–H groups in total. The Morgan fingerprint density at radius 1 is 1.40 bits per heavy atom. The molecular weight excluding hydrogens is 144 g/mol. The van der Waals surface area contributed by atoms with Crippen LogP contribution in [0.5, 0.6) is 0 Å². The Kier molecular flexibility index (Phi) is 5.49. The Morgan fingerprint density at radius 3 is 2.00 bits per heavy atom. The number of hydrogen-bond donors (Lipinski definition) is 0. The highest BCUT2D eigenvalue weighted by atomic mass is 19.4. The van der Waals surface area contributed by atoms with Crippen LogP contribution in [0.25, 0.3) is 0 Å². The third-order valence-corrected chi connectivity index (χ3v) is 1.16. The third kappa shape index (κ3) is 7.81. The van der Waals surface area contributed by atoms with Crippen LogP contribution >= 0.6 is 0 Å². The van der Waals surface area contributed by atoms with Gasteiger partial charge < -0.3 is 4.74 Å². The van der Waals surface area contributed by atoms with Crippen LogP contribution < -0.4 is 0 Å². The van der Waals surface area contributed by atoms with Crippen LogP contribution in [-0.2, 0) is 4.74 Å². The molecule has 0 bridgehead atoms. The largest absolute Gasteiger partial charge is 0.762 e. The van der Waals surface area contributed by atoms with Crippen molar-refractivity contribution >= 4 is 7.54 Å². The molecule has 0 aliphatic carbocycles. The van der Waals surface area contributed by atoms with Crippen molar-refractivity contribution in [2.45, 2.75) is 25.9 Å². The lowest BCUT2D eigenvalue weighted by Crippen LogP contribution is -1.94. The van der Waals surface area contributed by atoms with Gasteiger partial charge in [0.2, 0.25) is 0 Å². The minimum Gasteiger partial charge on any atom is -0.379 e. The molecule has 0 spiro atoms. The van der Waals surface area contributed by atoms with Gasteiger partial charge in [-0.2, -0.15) is 0 Å². The maximum absolute atomic E-state index is 9.67. The lowest BCUT2D eigenvalue weighted by Gasteiger charge is -1.94. The SMILES string of the molecule is CC1CCCO1.FB(F)F. The molecule has 0 radical (unpaired) electrons. The standard InChI is InChI=1S/C5H10O.BF3/c1-5-3-2-4-6-5;2-1(3)4/h5H,2-4H2,1H3;. The first-order valence-corrected chi connectivity index (χ1v) is 3.16. The molecule has 1 aliphatic rings. The zero-order chi connectivity index (χ0) is 7.98. The number of halogens is 3. The van der Waals surface area contributed by atoms with E-state index in [1.54, 1.807) is 0 Å². The van der Waals surface area contributed by atoms with Gasteiger partial charge in [-0.1, -0.05) is 0 Å². The predicted molar refractivity (Wildman–Crippen MR) is 33.7 cm³/mol. The van der Waals surface area contributed by atoms with Gasteiger partial charge >= 0.3 is 7.54 Å². The summed E-state index contributed by atoms with van der Waals surface area (Å²) in [4.78, 5) is 0. The lowest BCUT2D eigenvalue weighted by molar-refractivity contribution is 0.125. The molecule has 60 valence electrons. The second-order valence-corrected chi connectivity index (χ2v) is 2.07. The Balaban J connectivity index is 0.000000180. The molecule has 1 heterocycles. The van der Waals surface area contributed by atoms with Crippen LogP contribution in [0.3, 0.4) is 0 Å². The molecule has 0 aromatic rings. The first kappa shape index (κ1) is 9.81. The normalized spacial score (nSPS) is 23.4. The molecule has 0 aromatic heterocycles. The van der Waals surface area contributed by atoms with Gasteiger partial charge in [-0.25, -0.2) is 0 Å². The molecule has 10 heavy (non-hydrogen) atoms. The van der Waals surface area contributed by atoms with Crippen molar-refractivity contribution in [3.63, 3.8) is 0 Å². The van der Waals surface area contributed by atoms with Crippen molar-refractivity contribution in [3.8, 4) is 0 Å². The second-order valence-electron chi connectivity index (χ2n) is 2.07. The number of hydrogen-bond acceptors (Lipinski definition) is 1. The van der Waals surface area contributed by atoms with E-state index in [0.717, 1.165) is 6.61 Å². The third-order valence-electron chi connectivity index (χ3n) is 1.16. The van der Waals surface area contributed by atoms with Gasteiger partial charge in [0.15, 0.2) is 0 Å². The smallest absolute Gasteiger partial charge is 0.379 e. The fraction of sp³-hybridized carbons (Fsp3) is 1.00. The van der Waals surface area contributed by atoms with Crippen LogP contribution in [0, 0.1) is 0 Å². The average Bonchev–Trinajstić information content (AvgIpc) is 2.15. The Hall–Kier alpha value is -0.185. The summed E-state index contributed by atoms with van der Waals surface area (Å²) in [5.74, 6) is 0. The summed E-state index contributed by atoms with van der Waals surface area (Å²) in [7, 11) is -3.67. The van der Waals surface area contributed by atoms with E-state index in [9.17, 15) is 12.9 Å². The van der Waals surface area contributed by atoms with E-state index in [4.69, 9.17) is 4.74 Å². The molecular formula is C5H10BF3O. The van der Waals surface area contributed by atoms with E-state index >= 15 is 0 Å². The van der Waals surface area contributed by atoms with Gasteiger partial charge in [0.05, 0.1) is 6.10 Å². The minimum atomic E-state index is -3.67. The number of rotatable bonds is 0. The van der Waals surface area contributed by atoms with Crippen molar-refractivity contribution in [1.29, 1.82) is 0 Å². The van der Waals surface area contributed by atoms with E-state index in [0.29, 0.717) is 6.10 Å². The molecule has 1 rings (SSSR count). The quantitative estimate of drug-likeness (QED) is 0.485.